The van der Waals surface area contributed by atoms with E-state index in [2.05, 4.69) is 4.98 Å². The van der Waals surface area contributed by atoms with E-state index in [9.17, 15) is 21.6 Å². The Labute approximate surface area is 125 Å². The lowest BCUT2D eigenvalue weighted by Gasteiger charge is -2.32. The van der Waals surface area contributed by atoms with Gasteiger partial charge in [-0.05, 0) is 12.8 Å². The van der Waals surface area contributed by atoms with Crippen LogP contribution < -0.4 is 0 Å². The molecule has 2 heterocycles. The Balaban J connectivity index is 2.17. The third-order valence-corrected chi connectivity index (χ3v) is 6.25. The molecule has 0 amide bonds. The van der Waals surface area contributed by atoms with E-state index in [-0.39, 0.29) is 12.5 Å². The monoisotopic (exact) mass is 343 g/mol. The van der Waals surface area contributed by atoms with Crippen molar-refractivity contribution in [3.63, 3.8) is 0 Å². The van der Waals surface area contributed by atoms with Crippen LogP contribution in [0.3, 0.4) is 0 Å². The van der Waals surface area contributed by atoms with Gasteiger partial charge in [-0.15, -0.1) is 11.3 Å². The van der Waals surface area contributed by atoms with Gasteiger partial charge in [0.15, 0.2) is 5.69 Å². The number of hydrogen-bond acceptors (Lipinski definition) is 4. The Morgan fingerprint density at radius 3 is 2.62 bits per heavy atom. The first-order chi connectivity index (χ1) is 9.62. The molecule has 21 heavy (non-hydrogen) atoms. The SMILES string of the molecule is CN(C)S(=O)(=O)N1CCC[C@@H](c2nc(C(F)(F)F)cs2)C1. The normalized spacial score (nSPS) is 21.9. The lowest BCUT2D eigenvalue weighted by molar-refractivity contribution is -0.140. The van der Waals surface area contributed by atoms with Crippen LogP contribution in [0.25, 0.3) is 0 Å². The first-order valence-electron chi connectivity index (χ1n) is 6.32. The molecule has 0 spiro atoms. The quantitative estimate of drug-likeness (QED) is 0.845. The number of alkyl halides is 3. The summed E-state index contributed by atoms with van der Waals surface area (Å²) < 4.78 is 64.3. The molecular formula is C11H16F3N3O2S2. The van der Waals surface area contributed by atoms with Gasteiger partial charge in [-0.2, -0.15) is 30.2 Å². The molecule has 1 atom stereocenters. The molecule has 0 radical (unpaired) electrons. The van der Waals surface area contributed by atoms with Crippen molar-refractivity contribution in [2.45, 2.75) is 24.9 Å². The second kappa shape index (κ2) is 5.82. The van der Waals surface area contributed by atoms with E-state index in [0.29, 0.717) is 24.4 Å². The summed E-state index contributed by atoms with van der Waals surface area (Å²) >= 11 is 0.938. The summed E-state index contributed by atoms with van der Waals surface area (Å²) in [6, 6.07) is 0. The molecule has 0 aromatic carbocycles. The Morgan fingerprint density at radius 1 is 1.43 bits per heavy atom. The lowest BCUT2D eigenvalue weighted by atomic mass is 10.0. The number of rotatable bonds is 3. The fourth-order valence-electron chi connectivity index (χ4n) is 2.19. The summed E-state index contributed by atoms with van der Waals surface area (Å²) in [5.74, 6) is -0.283. The molecule has 0 N–H and O–H groups in total. The highest BCUT2D eigenvalue weighted by molar-refractivity contribution is 7.86. The zero-order chi connectivity index (χ0) is 15.8. The molecule has 0 unspecified atom stereocenters. The minimum Gasteiger partial charge on any atom is -0.236 e. The minimum atomic E-state index is -4.46. The number of nitrogens with zero attached hydrogens (tertiary/aromatic N) is 3. The van der Waals surface area contributed by atoms with Crippen molar-refractivity contribution in [1.29, 1.82) is 0 Å². The molecular weight excluding hydrogens is 327 g/mol. The molecule has 1 aliphatic rings. The van der Waals surface area contributed by atoms with Crippen molar-refractivity contribution in [3.05, 3.63) is 16.1 Å². The second-order valence-corrected chi connectivity index (χ2v) is 8.09. The zero-order valence-corrected chi connectivity index (χ0v) is 13.2. The molecule has 120 valence electrons. The van der Waals surface area contributed by atoms with Gasteiger partial charge in [-0.25, -0.2) is 4.98 Å². The molecule has 1 saturated heterocycles. The third kappa shape index (κ3) is 3.55. The van der Waals surface area contributed by atoms with Crippen LogP contribution in [-0.4, -0.2) is 49.2 Å². The number of halogens is 3. The van der Waals surface area contributed by atoms with Crippen LogP contribution in [0, 0.1) is 0 Å². The van der Waals surface area contributed by atoms with Crippen molar-refractivity contribution < 1.29 is 21.6 Å². The molecule has 10 heteroatoms. The molecule has 0 saturated carbocycles. The van der Waals surface area contributed by atoms with Crippen LogP contribution in [0.5, 0.6) is 0 Å². The van der Waals surface area contributed by atoms with Gasteiger partial charge in [-0.3, -0.25) is 0 Å². The molecule has 1 fully saturated rings. The summed E-state index contributed by atoms with van der Waals surface area (Å²) in [6.45, 7) is 0.555. The fraction of sp³-hybridized carbons (Fsp3) is 0.727. The predicted octanol–water partition coefficient (Wildman–Crippen LogP) is 2.15. The van der Waals surface area contributed by atoms with Gasteiger partial charge < -0.3 is 0 Å². The highest BCUT2D eigenvalue weighted by Crippen LogP contribution is 2.35. The van der Waals surface area contributed by atoms with Crippen molar-refractivity contribution in [2.75, 3.05) is 27.2 Å². The number of thiazole rings is 1. The molecule has 0 aliphatic carbocycles. The van der Waals surface area contributed by atoms with Gasteiger partial charge >= 0.3 is 6.18 Å². The largest absolute Gasteiger partial charge is 0.434 e. The Morgan fingerprint density at radius 2 is 2.10 bits per heavy atom. The summed E-state index contributed by atoms with van der Waals surface area (Å²) in [5.41, 5.74) is -0.907. The van der Waals surface area contributed by atoms with Crippen LogP contribution in [0.15, 0.2) is 5.38 Å². The van der Waals surface area contributed by atoms with Gasteiger partial charge in [0.1, 0.15) is 0 Å². The fourth-order valence-corrected chi connectivity index (χ4v) is 4.33. The van der Waals surface area contributed by atoms with E-state index < -0.39 is 22.1 Å². The first kappa shape index (κ1) is 16.7. The van der Waals surface area contributed by atoms with Crippen LogP contribution in [0.4, 0.5) is 13.2 Å². The van der Waals surface area contributed by atoms with Gasteiger partial charge in [-0.1, -0.05) is 0 Å². The van der Waals surface area contributed by atoms with Gasteiger partial charge in [0.2, 0.25) is 0 Å². The lowest BCUT2D eigenvalue weighted by Crippen LogP contribution is -2.44. The predicted molar refractivity (Wildman–Crippen MR) is 73.3 cm³/mol. The maximum atomic E-state index is 12.6. The van der Waals surface area contributed by atoms with E-state index in [1.807, 2.05) is 0 Å². The van der Waals surface area contributed by atoms with E-state index in [1.54, 1.807) is 0 Å². The van der Waals surface area contributed by atoms with Crippen molar-refractivity contribution in [3.8, 4) is 0 Å². The molecule has 0 bridgehead atoms. The molecule has 1 aromatic rings. The van der Waals surface area contributed by atoms with E-state index in [0.717, 1.165) is 21.0 Å². The Hall–Kier alpha value is -0.710. The van der Waals surface area contributed by atoms with Gasteiger partial charge in [0.25, 0.3) is 10.2 Å². The molecule has 1 aliphatic heterocycles. The van der Waals surface area contributed by atoms with Crippen LogP contribution in [0.1, 0.15) is 29.5 Å². The van der Waals surface area contributed by atoms with Crippen molar-refractivity contribution in [1.82, 2.24) is 13.6 Å². The van der Waals surface area contributed by atoms with Gasteiger partial charge in [0, 0.05) is 38.5 Å². The highest BCUT2D eigenvalue weighted by atomic mass is 32.2. The van der Waals surface area contributed by atoms with E-state index in [1.165, 1.54) is 18.4 Å². The Bertz CT molecular complexity index is 598. The highest BCUT2D eigenvalue weighted by Gasteiger charge is 2.36. The van der Waals surface area contributed by atoms with Crippen LogP contribution in [0.2, 0.25) is 0 Å². The summed E-state index contributed by atoms with van der Waals surface area (Å²) in [7, 11) is -0.672. The minimum absolute atomic E-state index is 0.172. The third-order valence-electron chi connectivity index (χ3n) is 3.33. The summed E-state index contributed by atoms with van der Waals surface area (Å²) in [6.07, 6.45) is -3.21. The molecule has 2 rings (SSSR count). The average molecular weight is 343 g/mol. The summed E-state index contributed by atoms with van der Waals surface area (Å²) in [4.78, 5) is 3.62. The standard InChI is InChI=1S/C11H16F3N3O2S2/c1-16(2)21(18,19)17-5-3-4-8(6-17)10-15-9(7-20-10)11(12,13)14/h7-8H,3-6H2,1-2H3/t8-/m1/s1. The van der Waals surface area contributed by atoms with Crippen molar-refractivity contribution >= 4 is 21.5 Å². The zero-order valence-electron chi connectivity index (χ0n) is 11.6. The maximum absolute atomic E-state index is 12.6. The molecule has 1 aromatic heterocycles. The smallest absolute Gasteiger partial charge is 0.236 e. The Kier molecular flexibility index (Phi) is 4.62. The topological polar surface area (TPSA) is 53.5 Å². The number of aromatic nitrogens is 1. The maximum Gasteiger partial charge on any atom is 0.434 e. The van der Waals surface area contributed by atoms with Gasteiger partial charge in [0.05, 0.1) is 5.01 Å². The van der Waals surface area contributed by atoms with E-state index >= 15 is 0 Å². The number of piperidine rings is 1. The van der Waals surface area contributed by atoms with E-state index in [4.69, 9.17) is 0 Å². The average Bonchev–Trinajstić information content (AvgIpc) is 2.88. The number of hydrogen-bond donors (Lipinski definition) is 0. The van der Waals surface area contributed by atoms with Crippen LogP contribution >= 0.6 is 11.3 Å². The second-order valence-electron chi connectivity index (χ2n) is 5.06. The first-order valence-corrected chi connectivity index (χ1v) is 8.60. The van der Waals surface area contributed by atoms with Crippen molar-refractivity contribution in [2.24, 2.45) is 0 Å². The molecule has 5 nitrogen and oxygen atoms in total. The summed E-state index contributed by atoms with van der Waals surface area (Å²) in [5, 5.41) is 1.33. The van der Waals surface area contributed by atoms with Crippen LogP contribution in [-0.2, 0) is 16.4 Å².